The largest absolute Gasteiger partial charge is 0.0693 e. The van der Waals surface area contributed by atoms with Crippen molar-refractivity contribution in [2.45, 2.75) is 117 Å². The molecule has 0 radical (unpaired) electrons. The summed E-state index contributed by atoms with van der Waals surface area (Å²) in [5.74, 6) is 5.63. The molecule has 0 heterocycles. The predicted octanol–water partition coefficient (Wildman–Crippen LogP) is 10.5. The molecule has 0 saturated heterocycles. The zero-order valence-corrected chi connectivity index (χ0v) is 22.9. The highest BCUT2D eigenvalue weighted by Gasteiger charge is 2.31. The van der Waals surface area contributed by atoms with Crippen LogP contribution in [0.25, 0.3) is 0 Å². The van der Waals surface area contributed by atoms with Crippen molar-refractivity contribution in [3.8, 4) is 0 Å². The van der Waals surface area contributed by atoms with Gasteiger partial charge in [0.1, 0.15) is 0 Å². The molecule has 0 aliphatic heterocycles. The molecule has 1 aromatic carbocycles. The smallest absolute Gasteiger partial charge is 0.0105 e. The summed E-state index contributed by atoms with van der Waals surface area (Å²) in [6.45, 7) is 6.99. The number of benzene rings is 1. The number of aryl methyl sites for hydroxylation is 1. The van der Waals surface area contributed by atoms with Crippen LogP contribution in [0.1, 0.15) is 121 Å². The van der Waals surface area contributed by atoms with Crippen LogP contribution in [0.5, 0.6) is 0 Å². The second-order valence-electron chi connectivity index (χ2n) is 13.2. The first kappa shape index (κ1) is 25.1. The standard InChI is InChI=1S/C35H50/c1-25-6-12-32(13-7-25)34-16-18-35(19-17-34)33-14-10-28(11-15-33)22-31-21-27(3)5-9-30(24-31)23-29-8-4-26(2)20-29/h5-7,9,12-13,24,26,28-29,33-35H,4,8,10-11,14-23H2,1-3H3. The average Bonchev–Trinajstić information content (AvgIpc) is 3.19. The molecule has 4 aliphatic carbocycles. The van der Waals surface area contributed by atoms with E-state index >= 15 is 0 Å². The number of hydrogen-bond acceptors (Lipinski definition) is 0. The Bertz CT molecular complexity index is 909. The van der Waals surface area contributed by atoms with Gasteiger partial charge in [-0.1, -0.05) is 72.5 Å². The van der Waals surface area contributed by atoms with Crippen LogP contribution in [-0.4, -0.2) is 0 Å². The van der Waals surface area contributed by atoms with Gasteiger partial charge in [0.15, 0.2) is 0 Å². The summed E-state index contributed by atoms with van der Waals surface area (Å²) >= 11 is 0. The molecular weight excluding hydrogens is 420 g/mol. The molecule has 0 spiro atoms. The van der Waals surface area contributed by atoms with Crippen LogP contribution in [0.15, 0.2) is 59.2 Å². The highest BCUT2D eigenvalue weighted by Crippen LogP contribution is 2.45. The maximum absolute atomic E-state index is 2.63. The second kappa shape index (κ2) is 11.7. The van der Waals surface area contributed by atoms with Gasteiger partial charge in [0, 0.05) is 0 Å². The van der Waals surface area contributed by atoms with Crippen molar-refractivity contribution >= 4 is 0 Å². The van der Waals surface area contributed by atoms with E-state index in [1.165, 1.54) is 95.5 Å². The van der Waals surface area contributed by atoms with Gasteiger partial charge in [-0.05, 0) is 144 Å². The molecule has 1 aromatic rings. The third kappa shape index (κ3) is 6.81. The second-order valence-corrected chi connectivity index (χ2v) is 13.2. The molecule has 3 fully saturated rings. The van der Waals surface area contributed by atoms with Crippen LogP contribution in [0.4, 0.5) is 0 Å². The number of hydrogen-bond donors (Lipinski definition) is 0. The normalized spacial score (nSPS) is 34.1. The molecule has 0 nitrogen and oxygen atoms in total. The summed E-state index contributed by atoms with van der Waals surface area (Å²) in [5.41, 5.74) is 7.89. The Morgan fingerprint density at radius 1 is 0.686 bits per heavy atom. The molecule has 4 aliphatic rings. The van der Waals surface area contributed by atoms with E-state index in [-0.39, 0.29) is 0 Å². The fraction of sp³-hybridized carbons (Fsp3) is 0.657. The van der Waals surface area contributed by atoms with Crippen LogP contribution < -0.4 is 0 Å². The first-order valence-electron chi connectivity index (χ1n) is 15.1. The summed E-state index contributed by atoms with van der Waals surface area (Å²) in [4.78, 5) is 0. The quantitative estimate of drug-likeness (QED) is 0.388. The molecule has 190 valence electrons. The van der Waals surface area contributed by atoms with Crippen molar-refractivity contribution in [3.63, 3.8) is 0 Å². The summed E-state index contributed by atoms with van der Waals surface area (Å²) < 4.78 is 0. The minimum atomic E-state index is 0.816. The Hall–Kier alpha value is -1.56. The lowest BCUT2D eigenvalue weighted by atomic mass is 9.67. The van der Waals surface area contributed by atoms with E-state index in [4.69, 9.17) is 0 Å². The van der Waals surface area contributed by atoms with E-state index in [0.29, 0.717) is 0 Å². The summed E-state index contributed by atoms with van der Waals surface area (Å²) in [7, 11) is 0. The van der Waals surface area contributed by atoms with Gasteiger partial charge >= 0.3 is 0 Å². The van der Waals surface area contributed by atoms with E-state index in [1.807, 2.05) is 0 Å². The zero-order chi connectivity index (χ0) is 24.2. The minimum Gasteiger partial charge on any atom is -0.0693 e. The van der Waals surface area contributed by atoms with E-state index in [2.05, 4.69) is 63.3 Å². The number of rotatable bonds is 6. The zero-order valence-electron chi connectivity index (χ0n) is 22.9. The summed E-state index contributed by atoms with van der Waals surface area (Å²) in [6, 6.07) is 9.38. The van der Waals surface area contributed by atoms with Crippen molar-refractivity contribution in [3.05, 3.63) is 70.3 Å². The van der Waals surface area contributed by atoms with Crippen LogP contribution in [-0.2, 0) is 0 Å². The highest BCUT2D eigenvalue weighted by molar-refractivity contribution is 5.35. The van der Waals surface area contributed by atoms with E-state index < -0.39 is 0 Å². The molecule has 0 aromatic heterocycles. The minimum absolute atomic E-state index is 0.816. The fourth-order valence-corrected chi connectivity index (χ4v) is 8.13. The molecule has 2 unspecified atom stereocenters. The van der Waals surface area contributed by atoms with Crippen molar-refractivity contribution < 1.29 is 0 Å². The average molecular weight is 471 g/mol. The Morgan fingerprint density at radius 3 is 2.00 bits per heavy atom. The van der Waals surface area contributed by atoms with Crippen LogP contribution >= 0.6 is 0 Å². The lowest BCUT2D eigenvalue weighted by Crippen LogP contribution is -2.25. The van der Waals surface area contributed by atoms with Crippen LogP contribution in [0.3, 0.4) is 0 Å². The molecule has 3 saturated carbocycles. The van der Waals surface area contributed by atoms with E-state index in [0.717, 1.165) is 35.5 Å². The van der Waals surface area contributed by atoms with Gasteiger partial charge in [0.25, 0.3) is 0 Å². The third-order valence-corrected chi connectivity index (χ3v) is 10.2. The van der Waals surface area contributed by atoms with Crippen molar-refractivity contribution in [2.24, 2.45) is 29.6 Å². The Morgan fingerprint density at radius 2 is 1.34 bits per heavy atom. The van der Waals surface area contributed by atoms with E-state index in [1.54, 1.807) is 22.3 Å². The van der Waals surface area contributed by atoms with Crippen LogP contribution in [0.2, 0.25) is 0 Å². The molecule has 2 atom stereocenters. The molecule has 35 heavy (non-hydrogen) atoms. The Balaban J connectivity index is 1.09. The van der Waals surface area contributed by atoms with Crippen molar-refractivity contribution in [2.75, 3.05) is 0 Å². The Labute approximate surface area is 216 Å². The van der Waals surface area contributed by atoms with Gasteiger partial charge in [-0.15, -0.1) is 0 Å². The Kier molecular flexibility index (Phi) is 8.36. The molecule has 0 amide bonds. The summed E-state index contributed by atoms with van der Waals surface area (Å²) in [6.07, 6.45) is 27.4. The molecular formula is C35H50. The van der Waals surface area contributed by atoms with Crippen molar-refractivity contribution in [1.82, 2.24) is 0 Å². The van der Waals surface area contributed by atoms with Gasteiger partial charge in [-0.25, -0.2) is 0 Å². The van der Waals surface area contributed by atoms with Gasteiger partial charge in [-0.3, -0.25) is 0 Å². The van der Waals surface area contributed by atoms with E-state index in [9.17, 15) is 0 Å². The SMILES string of the molecule is CC1=CC=C(CC2CCC(C)C2)C=C(CC2CCC(C3CCC(c4ccc(C)cc4)CC3)CC2)C1. The first-order chi connectivity index (χ1) is 17.0. The number of allylic oxidation sites excluding steroid dienone is 6. The highest BCUT2D eigenvalue weighted by atomic mass is 14.4. The van der Waals surface area contributed by atoms with Crippen LogP contribution in [0, 0.1) is 36.5 Å². The van der Waals surface area contributed by atoms with Crippen molar-refractivity contribution in [1.29, 1.82) is 0 Å². The van der Waals surface area contributed by atoms with Gasteiger partial charge in [0.05, 0.1) is 0 Å². The summed E-state index contributed by atoms with van der Waals surface area (Å²) in [5, 5.41) is 0. The lowest BCUT2D eigenvalue weighted by molar-refractivity contribution is 0.159. The van der Waals surface area contributed by atoms with Gasteiger partial charge < -0.3 is 0 Å². The predicted molar refractivity (Wildman–Crippen MR) is 152 cm³/mol. The third-order valence-electron chi connectivity index (χ3n) is 10.2. The fourth-order valence-electron chi connectivity index (χ4n) is 8.13. The maximum atomic E-state index is 2.63. The first-order valence-corrected chi connectivity index (χ1v) is 15.1. The molecule has 5 rings (SSSR count). The molecule has 0 N–H and O–H groups in total. The molecule has 0 heteroatoms. The molecule has 0 bridgehead atoms. The van der Waals surface area contributed by atoms with Gasteiger partial charge in [0.2, 0.25) is 0 Å². The lowest BCUT2D eigenvalue weighted by Gasteiger charge is -2.38. The monoisotopic (exact) mass is 470 g/mol. The maximum Gasteiger partial charge on any atom is -0.0105 e. The van der Waals surface area contributed by atoms with Gasteiger partial charge in [-0.2, -0.15) is 0 Å². The topological polar surface area (TPSA) is 0 Å².